The highest BCUT2D eigenvalue weighted by molar-refractivity contribution is 5.98. The Kier molecular flexibility index (Phi) is 7.21. The molecular formula is C20H28N2O4. The molecular weight excluding hydrogens is 332 g/mol. The number of H-pyrrole nitrogens is 1. The molecule has 2 rings (SSSR count). The van der Waals surface area contributed by atoms with Crippen LogP contribution in [0.15, 0.2) is 18.2 Å². The van der Waals surface area contributed by atoms with E-state index in [0.29, 0.717) is 38.2 Å². The summed E-state index contributed by atoms with van der Waals surface area (Å²) in [4.78, 5) is 29.2. The van der Waals surface area contributed by atoms with E-state index in [-0.39, 0.29) is 11.9 Å². The van der Waals surface area contributed by atoms with Crippen LogP contribution >= 0.6 is 0 Å². The zero-order valence-electron chi connectivity index (χ0n) is 16.1. The Balaban J connectivity index is 2.32. The van der Waals surface area contributed by atoms with Crippen molar-refractivity contribution < 1.29 is 19.1 Å². The maximum atomic E-state index is 12.3. The van der Waals surface area contributed by atoms with Crippen LogP contribution in [-0.2, 0) is 27.2 Å². The van der Waals surface area contributed by atoms with Crippen molar-refractivity contribution in [3.05, 3.63) is 35.0 Å². The lowest BCUT2D eigenvalue weighted by Crippen LogP contribution is -2.10. The van der Waals surface area contributed by atoms with Crippen molar-refractivity contribution in [3.63, 3.8) is 0 Å². The number of fused-ring (bicyclic) bond motifs is 1. The lowest BCUT2D eigenvalue weighted by molar-refractivity contribution is -0.143. The molecule has 0 saturated carbocycles. The standard InChI is InChI=1S/C20H28N2O4/c1-5-25-18(23)9-7-8-15-16-12-14(13-22(3)4)10-11-17(16)21-19(15)20(24)26-6-2/h10-12,21H,5-9,13H2,1-4H3. The quantitative estimate of drug-likeness (QED) is 0.695. The van der Waals surface area contributed by atoms with Crippen LogP contribution in [0.2, 0.25) is 0 Å². The predicted octanol–water partition coefficient (Wildman–Crippen LogP) is 3.29. The van der Waals surface area contributed by atoms with E-state index in [1.54, 1.807) is 13.8 Å². The molecule has 0 aliphatic rings. The average Bonchev–Trinajstić information content (AvgIpc) is 2.93. The molecule has 142 valence electrons. The Labute approximate surface area is 154 Å². The summed E-state index contributed by atoms with van der Waals surface area (Å²) in [7, 11) is 4.04. The zero-order chi connectivity index (χ0) is 19.1. The van der Waals surface area contributed by atoms with Crippen molar-refractivity contribution in [3.8, 4) is 0 Å². The van der Waals surface area contributed by atoms with E-state index in [9.17, 15) is 9.59 Å². The molecule has 0 unspecified atom stereocenters. The summed E-state index contributed by atoms with van der Waals surface area (Å²) in [5.74, 6) is -0.567. The number of aryl methyl sites for hydroxylation is 1. The van der Waals surface area contributed by atoms with E-state index in [0.717, 1.165) is 23.0 Å². The minimum Gasteiger partial charge on any atom is -0.466 e. The summed E-state index contributed by atoms with van der Waals surface area (Å²) in [5, 5.41) is 1.01. The third-order valence-corrected chi connectivity index (χ3v) is 4.06. The second-order valence-electron chi connectivity index (χ2n) is 6.48. The highest BCUT2D eigenvalue weighted by Gasteiger charge is 2.19. The van der Waals surface area contributed by atoms with Gasteiger partial charge in [-0.3, -0.25) is 4.79 Å². The third kappa shape index (κ3) is 5.08. The average molecular weight is 360 g/mol. The lowest BCUT2D eigenvalue weighted by Gasteiger charge is -2.10. The van der Waals surface area contributed by atoms with Gasteiger partial charge in [-0.25, -0.2) is 4.79 Å². The maximum absolute atomic E-state index is 12.3. The van der Waals surface area contributed by atoms with Crippen LogP contribution in [0.25, 0.3) is 10.9 Å². The van der Waals surface area contributed by atoms with Crippen molar-refractivity contribution in [1.82, 2.24) is 9.88 Å². The molecule has 26 heavy (non-hydrogen) atoms. The van der Waals surface area contributed by atoms with Gasteiger partial charge in [-0.15, -0.1) is 0 Å². The molecule has 1 N–H and O–H groups in total. The Morgan fingerprint density at radius 3 is 2.50 bits per heavy atom. The molecule has 0 fully saturated rings. The second-order valence-corrected chi connectivity index (χ2v) is 6.48. The van der Waals surface area contributed by atoms with Crippen molar-refractivity contribution in [1.29, 1.82) is 0 Å². The number of benzene rings is 1. The second kappa shape index (κ2) is 9.38. The van der Waals surface area contributed by atoms with Gasteiger partial charge in [0.25, 0.3) is 0 Å². The predicted molar refractivity (Wildman–Crippen MR) is 101 cm³/mol. The summed E-state index contributed by atoms with van der Waals surface area (Å²) in [6.07, 6.45) is 1.56. The smallest absolute Gasteiger partial charge is 0.355 e. The minimum absolute atomic E-state index is 0.210. The van der Waals surface area contributed by atoms with Gasteiger partial charge in [0.1, 0.15) is 5.69 Å². The number of rotatable bonds is 9. The number of aromatic nitrogens is 1. The van der Waals surface area contributed by atoms with E-state index in [1.165, 1.54) is 5.56 Å². The molecule has 0 atom stereocenters. The van der Waals surface area contributed by atoms with Gasteiger partial charge in [0.2, 0.25) is 0 Å². The number of carbonyl (C=O) groups excluding carboxylic acids is 2. The molecule has 1 aromatic carbocycles. The normalized spacial score (nSPS) is 11.1. The Bertz CT molecular complexity index is 765. The van der Waals surface area contributed by atoms with Crippen LogP contribution in [-0.4, -0.2) is 49.1 Å². The number of carbonyl (C=O) groups is 2. The first-order chi connectivity index (χ1) is 12.5. The van der Waals surface area contributed by atoms with Crippen LogP contribution < -0.4 is 0 Å². The zero-order valence-corrected chi connectivity index (χ0v) is 16.1. The largest absolute Gasteiger partial charge is 0.466 e. The summed E-state index contributed by atoms with van der Waals surface area (Å²) in [5.41, 5.74) is 3.46. The van der Waals surface area contributed by atoms with Crippen molar-refractivity contribution in [2.24, 2.45) is 0 Å². The van der Waals surface area contributed by atoms with Gasteiger partial charge in [-0.05, 0) is 64.0 Å². The SMILES string of the molecule is CCOC(=O)CCCc1c(C(=O)OCC)[nH]c2ccc(CN(C)C)cc12. The number of esters is 2. The van der Waals surface area contributed by atoms with E-state index < -0.39 is 0 Å². The number of hydrogen-bond acceptors (Lipinski definition) is 5. The van der Waals surface area contributed by atoms with Crippen LogP contribution in [0.4, 0.5) is 0 Å². The Morgan fingerprint density at radius 2 is 1.85 bits per heavy atom. The molecule has 0 aliphatic carbocycles. The lowest BCUT2D eigenvalue weighted by atomic mass is 10.0. The monoisotopic (exact) mass is 360 g/mol. The van der Waals surface area contributed by atoms with Crippen LogP contribution in [0, 0.1) is 0 Å². The van der Waals surface area contributed by atoms with Gasteiger partial charge in [-0.1, -0.05) is 6.07 Å². The molecule has 1 aromatic heterocycles. The first-order valence-corrected chi connectivity index (χ1v) is 9.07. The molecule has 0 bridgehead atoms. The summed E-state index contributed by atoms with van der Waals surface area (Å²) < 4.78 is 10.2. The first kappa shape index (κ1) is 20.0. The molecule has 6 nitrogen and oxygen atoms in total. The van der Waals surface area contributed by atoms with Gasteiger partial charge in [-0.2, -0.15) is 0 Å². The van der Waals surface area contributed by atoms with E-state index in [4.69, 9.17) is 9.47 Å². The molecule has 0 amide bonds. The molecule has 0 aliphatic heterocycles. The van der Waals surface area contributed by atoms with Crippen LogP contribution in [0.1, 0.15) is 48.3 Å². The van der Waals surface area contributed by atoms with Gasteiger partial charge in [0.05, 0.1) is 13.2 Å². The molecule has 6 heteroatoms. The number of nitrogens with one attached hydrogen (secondary N) is 1. The van der Waals surface area contributed by atoms with Gasteiger partial charge in [0.15, 0.2) is 0 Å². The molecule has 0 saturated heterocycles. The van der Waals surface area contributed by atoms with Crippen molar-refractivity contribution in [2.45, 2.75) is 39.7 Å². The molecule has 2 aromatic rings. The fraction of sp³-hybridized carbons (Fsp3) is 0.500. The van der Waals surface area contributed by atoms with Gasteiger partial charge >= 0.3 is 11.9 Å². The topological polar surface area (TPSA) is 71.6 Å². The summed E-state index contributed by atoms with van der Waals surface area (Å²) in [6.45, 7) is 5.10. The molecule has 0 spiro atoms. The maximum Gasteiger partial charge on any atom is 0.355 e. The fourth-order valence-corrected chi connectivity index (χ4v) is 3.04. The number of ether oxygens (including phenoxy) is 2. The van der Waals surface area contributed by atoms with E-state index in [2.05, 4.69) is 22.0 Å². The van der Waals surface area contributed by atoms with Gasteiger partial charge < -0.3 is 19.4 Å². The van der Waals surface area contributed by atoms with Crippen LogP contribution in [0.3, 0.4) is 0 Å². The minimum atomic E-state index is -0.357. The summed E-state index contributed by atoms with van der Waals surface area (Å²) in [6, 6.07) is 6.15. The first-order valence-electron chi connectivity index (χ1n) is 9.07. The third-order valence-electron chi connectivity index (χ3n) is 4.06. The number of nitrogens with zero attached hydrogens (tertiary/aromatic N) is 1. The molecule has 1 heterocycles. The molecule has 0 radical (unpaired) electrons. The Hall–Kier alpha value is -2.34. The van der Waals surface area contributed by atoms with E-state index >= 15 is 0 Å². The highest BCUT2D eigenvalue weighted by Crippen LogP contribution is 2.26. The Morgan fingerprint density at radius 1 is 1.12 bits per heavy atom. The fourth-order valence-electron chi connectivity index (χ4n) is 3.04. The number of hydrogen-bond donors (Lipinski definition) is 1. The van der Waals surface area contributed by atoms with Gasteiger partial charge in [0, 0.05) is 23.9 Å². The van der Waals surface area contributed by atoms with E-state index in [1.807, 2.05) is 20.2 Å². The highest BCUT2D eigenvalue weighted by atomic mass is 16.5. The summed E-state index contributed by atoms with van der Waals surface area (Å²) >= 11 is 0. The van der Waals surface area contributed by atoms with Crippen LogP contribution in [0.5, 0.6) is 0 Å². The van der Waals surface area contributed by atoms with Crippen molar-refractivity contribution in [2.75, 3.05) is 27.3 Å². The number of aromatic amines is 1. The van der Waals surface area contributed by atoms with Crippen molar-refractivity contribution >= 4 is 22.8 Å².